The van der Waals surface area contributed by atoms with E-state index in [2.05, 4.69) is 29.9 Å². The third-order valence-electron chi connectivity index (χ3n) is 7.07. The van der Waals surface area contributed by atoms with Gasteiger partial charge in [0, 0.05) is 21.1 Å². The van der Waals surface area contributed by atoms with E-state index >= 15 is 0 Å². The van der Waals surface area contributed by atoms with Gasteiger partial charge >= 0.3 is 8.25 Å². The fourth-order valence-corrected chi connectivity index (χ4v) is 7.15. The van der Waals surface area contributed by atoms with Crippen molar-refractivity contribution in [1.29, 1.82) is 0 Å². The van der Waals surface area contributed by atoms with Crippen LogP contribution in [0.25, 0.3) is 22.3 Å². The van der Waals surface area contributed by atoms with Gasteiger partial charge in [0.1, 0.15) is 12.2 Å². The minimum absolute atomic E-state index is 0.0589. The summed E-state index contributed by atoms with van der Waals surface area (Å²) in [4.78, 5) is 45.6. The lowest BCUT2D eigenvalue weighted by atomic mass is 10.0. The molecule has 9 atom stereocenters. The molecular formula is C20H23N9O9P2. The zero-order valence-electron chi connectivity index (χ0n) is 20.4. The minimum atomic E-state index is -3.08. The fourth-order valence-electron chi connectivity index (χ4n) is 5.19. The summed E-state index contributed by atoms with van der Waals surface area (Å²) in [6.45, 7) is -0.135. The van der Waals surface area contributed by atoms with Gasteiger partial charge in [-0.1, -0.05) is 0 Å². The largest absolute Gasteiger partial charge is 0.388 e. The molecule has 0 aromatic carbocycles. The quantitative estimate of drug-likeness (QED) is 0.211. The normalized spacial score (nSPS) is 33.7. The average Bonchev–Trinajstić information content (AvgIpc) is 3.68. The number of hydrogen-bond donors (Lipinski definition) is 4. The number of imidazole rings is 2. The zero-order chi connectivity index (χ0) is 27.5. The Bertz CT molecular complexity index is 1720. The second-order valence-corrected chi connectivity index (χ2v) is 11.4. The number of nitrogens with one attached hydrogen (secondary N) is 2. The van der Waals surface area contributed by atoms with Crippen LogP contribution in [0.4, 0.5) is 5.95 Å². The topological polar surface area (TPSA) is 237 Å². The van der Waals surface area contributed by atoms with Gasteiger partial charge in [-0.15, -0.1) is 0 Å². The van der Waals surface area contributed by atoms with Gasteiger partial charge in [-0.05, 0) is 6.16 Å². The molecule has 4 aromatic heterocycles. The fraction of sp³-hybridized carbons (Fsp3) is 0.500. The predicted molar refractivity (Wildman–Crippen MR) is 137 cm³/mol. The highest BCUT2D eigenvalue weighted by Gasteiger charge is 2.47. The number of aliphatic hydroxyl groups is 1. The zero-order valence-corrected chi connectivity index (χ0v) is 22.4. The van der Waals surface area contributed by atoms with Crippen LogP contribution in [0.5, 0.6) is 0 Å². The van der Waals surface area contributed by atoms with E-state index in [0.29, 0.717) is 6.16 Å². The Morgan fingerprint density at radius 3 is 2.65 bits per heavy atom. The van der Waals surface area contributed by atoms with E-state index in [9.17, 15) is 19.3 Å². The first-order valence-corrected chi connectivity index (χ1v) is 14.5. The van der Waals surface area contributed by atoms with Crippen LogP contribution >= 0.6 is 17.1 Å². The van der Waals surface area contributed by atoms with Crippen molar-refractivity contribution in [3.05, 3.63) is 39.7 Å². The Hall–Kier alpha value is -3.08. The van der Waals surface area contributed by atoms with Crippen LogP contribution in [0.15, 0.2) is 28.6 Å². The lowest BCUT2D eigenvalue weighted by molar-refractivity contribution is -0.0993. The highest BCUT2D eigenvalue weighted by Crippen LogP contribution is 2.45. The highest BCUT2D eigenvalue weighted by atomic mass is 31.1. The Morgan fingerprint density at radius 1 is 1.05 bits per heavy atom. The van der Waals surface area contributed by atoms with Crippen LogP contribution in [0.2, 0.25) is 0 Å². The lowest BCUT2D eigenvalue weighted by Gasteiger charge is -2.22. The number of fused-ring (bicyclic) bond motifs is 5. The number of ether oxygens (including phenoxy) is 2. The van der Waals surface area contributed by atoms with Gasteiger partial charge in [0.25, 0.3) is 11.1 Å². The summed E-state index contributed by atoms with van der Waals surface area (Å²) in [6.07, 6.45) is -0.430. The Labute approximate surface area is 225 Å². The first-order chi connectivity index (χ1) is 19.4. The number of nitrogen functional groups attached to an aromatic ring is 1. The highest BCUT2D eigenvalue weighted by molar-refractivity contribution is 7.33. The van der Waals surface area contributed by atoms with E-state index in [-0.39, 0.29) is 50.1 Å². The third-order valence-corrected chi connectivity index (χ3v) is 9.03. The van der Waals surface area contributed by atoms with E-state index in [1.165, 1.54) is 28.1 Å². The van der Waals surface area contributed by atoms with E-state index in [1.807, 2.05) is 0 Å². The molecule has 0 saturated carbocycles. The number of aliphatic hydroxyl groups excluding tert-OH is 1. The van der Waals surface area contributed by atoms with Crippen LogP contribution < -0.4 is 16.9 Å². The molecule has 5 N–H and O–H groups in total. The summed E-state index contributed by atoms with van der Waals surface area (Å²) in [5.74, 6) is -0.567. The third kappa shape index (κ3) is 4.37. The van der Waals surface area contributed by atoms with Crippen LogP contribution in [0, 0.1) is 5.92 Å². The van der Waals surface area contributed by atoms with Gasteiger partial charge in [0.15, 0.2) is 41.1 Å². The maximum absolute atomic E-state index is 12.9. The molecule has 2 bridgehead atoms. The maximum atomic E-state index is 12.9. The predicted octanol–water partition coefficient (Wildman–Crippen LogP) is -0.630. The van der Waals surface area contributed by atoms with E-state index in [1.54, 1.807) is 0 Å². The van der Waals surface area contributed by atoms with Crippen LogP contribution in [-0.4, -0.2) is 81.5 Å². The first-order valence-electron chi connectivity index (χ1n) is 12.2. The van der Waals surface area contributed by atoms with Gasteiger partial charge in [-0.3, -0.25) is 28.3 Å². The van der Waals surface area contributed by atoms with Gasteiger partial charge < -0.3 is 38.9 Å². The molecular weight excluding hydrogens is 572 g/mol. The molecule has 18 nitrogen and oxygen atoms in total. The molecule has 40 heavy (non-hydrogen) atoms. The Morgan fingerprint density at radius 2 is 1.82 bits per heavy atom. The average molecular weight is 595 g/mol. The van der Waals surface area contributed by atoms with Gasteiger partial charge in [-0.2, -0.15) is 4.98 Å². The monoisotopic (exact) mass is 595 g/mol. The molecule has 0 aliphatic carbocycles. The Balaban J connectivity index is 1.12. The van der Waals surface area contributed by atoms with Crippen molar-refractivity contribution in [2.24, 2.45) is 5.92 Å². The van der Waals surface area contributed by atoms with Crippen molar-refractivity contribution in [2.45, 2.75) is 43.5 Å². The lowest BCUT2D eigenvalue weighted by Crippen LogP contribution is -2.30. The van der Waals surface area contributed by atoms with E-state index in [0.717, 1.165) is 0 Å². The second-order valence-electron chi connectivity index (χ2n) is 9.43. The molecule has 20 heteroatoms. The van der Waals surface area contributed by atoms with Gasteiger partial charge in [0.05, 0.1) is 31.7 Å². The van der Waals surface area contributed by atoms with Crippen molar-refractivity contribution in [3.8, 4) is 0 Å². The number of rotatable bonds is 2. The maximum Gasteiger partial charge on any atom is 0.319 e. The number of H-pyrrole nitrogens is 2. The molecule has 3 saturated heterocycles. The first kappa shape index (κ1) is 25.9. The number of hydrogen-bond acceptors (Lipinski definition) is 14. The summed E-state index contributed by atoms with van der Waals surface area (Å²) < 4.78 is 45.4. The molecule has 0 spiro atoms. The minimum Gasteiger partial charge on any atom is -0.388 e. The van der Waals surface area contributed by atoms with E-state index in [4.69, 9.17) is 28.8 Å². The molecule has 3 aliphatic rings. The van der Waals surface area contributed by atoms with Crippen LogP contribution in [0.1, 0.15) is 18.9 Å². The van der Waals surface area contributed by atoms with Crippen molar-refractivity contribution >= 4 is 45.3 Å². The number of anilines is 1. The summed E-state index contributed by atoms with van der Waals surface area (Å²) in [5.41, 5.74) is 5.38. The second kappa shape index (κ2) is 10.1. The molecule has 3 aliphatic heterocycles. The van der Waals surface area contributed by atoms with Crippen LogP contribution in [0.3, 0.4) is 0 Å². The standard InChI is InChI=1S/C20H23N9O9P2/c21-20-26-15-12(17(32)27-20)25-6-29(15)18-8-1-10(36-18)37-39-3-7-9(2-34-40(33)38-8)35-19(13(7)30)28-5-24-11-14(28)22-4-23-16(11)31/h4-10,13,18-19,30,39-40H,1-3H2,(H,22,23,31)(H3,21,26,27,32)/t7-,8-,9-,10?,13-,18-,19-/m1/s1. The molecule has 7 rings (SSSR count). The van der Waals surface area contributed by atoms with Crippen molar-refractivity contribution in [2.75, 3.05) is 18.5 Å². The Kier molecular flexibility index (Phi) is 6.52. The molecule has 3 fully saturated rings. The summed E-state index contributed by atoms with van der Waals surface area (Å²) in [6, 6.07) is 0. The summed E-state index contributed by atoms with van der Waals surface area (Å²) in [5, 5.41) is 11.2. The van der Waals surface area contributed by atoms with Gasteiger partial charge in [-0.25, -0.2) is 15.0 Å². The van der Waals surface area contributed by atoms with Gasteiger partial charge in [0.2, 0.25) is 5.95 Å². The molecule has 212 valence electrons. The van der Waals surface area contributed by atoms with Crippen molar-refractivity contribution < 1.29 is 32.7 Å². The summed E-state index contributed by atoms with van der Waals surface area (Å²) in [7, 11) is -3.18. The van der Waals surface area contributed by atoms with Crippen molar-refractivity contribution in [3.63, 3.8) is 0 Å². The van der Waals surface area contributed by atoms with Crippen molar-refractivity contribution in [1.82, 2.24) is 39.0 Å². The molecule has 3 unspecified atom stereocenters. The molecule has 0 radical (unpaired) electrons. The molecule has 0 amide bonds. The smallest absolute Gasteiger partial charge is 0.319 e. The number of aromatic nitrogens is 8. The molecule has 7 heterocycles. The number of nitrogens with zero attached hydrogens (tertiary/aromatic N) is 6. The molecule has 4 aromatic rings. The SMILES string of the molecule is Nc1nc2c(ncn2[C@@H]2OC3C[C@H]2O[PH](=O)OC[C@H]2O[C@@H](n4cnc5c(=O)[nH]cnc54)[C@H](O)[C@@H]2CPO3)c(=O)[nH]1. The summed E-state index contributed by atoms with van der Waals surface area (Å²) >= 11 is 0. The number of aromatic amines is 2. The van der Waals surface area contributed by atoms with Crippen LogP contribution in [-0.2, 0) is 27.6 Å². The number of nitrogens with two attached hydrogens (primary N) is 1. The van der Waals surface area contributed by atoms with E-state index < -0.39 is 62.3 Å².